The third-order valence-electron chi connectivity index (χ3n) is 3.21. The maximum atomic E-state index is 11.5. The van der Waals surface area contributed by atoms with Gasteiger partial charge in [0.05, 0.1) is 13.2 Å². The number of ether oxygens (including phenoxy) is 1. The van der Waals surface area contributed by atoms with Crippen LogP contribution in [0.2, 0.25) is 0 Å². The maximum absolute atomic E-state index is 11.5. The number of nitrogens with one attached hydrogen (secondary N) is 1. The average Bonchev–Trinajstić information content (AvgIpc) is 2.83. The first kappa shape index (κ1) is 14.4. The van der Waals surface area contributed by atoms with Crippen molar-refractivity contribution in [3.8, 4) is 0 Å². The molecule has 0 aromatic carbocycles. The van der Waals surface area contributed by atoms with Crippen LogP contribution in [0.5, 0.6) is 0 Å². The van der Waals surface area contributed by atoms with Gasteiger partial charge in [-0.1, -0.05) is 0 Å². The molecule has 0 radical (unpaired) electrons. The van der Waals surface area contributed by atoms with Crippen LogP contribution in [-0.2, 0) is 11.3 Å². The highest BCUT2D eigenvalue weighted by Gasteiger charge is 2.23. The second-order valence-corrected chi connectivity index (χ2v) is 5.33. The van der Waals surface area contributed by atoms with Crippen LogP contribution in [0.15, 0.2) is 21.2 Å². The van der Waals surface area contributed by atoms with Crippen LogP contribution in [0, 0.1) is 0 Å². The van der Waals surface area contributed by atoms with E-state index < -0.39 is 0 Å². The minimum atomic E-state index is -0.198. The molecule has 106 valence electrons. The number of rotatable bonds is 4. The molecule has 1 amide bonds. The van der Waals surface area contributed by atoms with Crippen LogP contribution in [-0.4, -0.2) is 36.7 Å². The number of amides is 1. The Bertz CT molecular complexity index is 414. The molecular weight excluding hydrogens is 312 g/mol. The third-order valence-corrected chi connectivity index (χ3v) is 3.64. The van der Waals surface area contributed by atoms with Crippen molar-refractivity contribution in [1.82, 2.24) is 10.2 Å². The van der Waals surface area contributed by atoms with Crippen LogP contribution in [0.25, 0.3) is 0 Å². The molecule has 0 aliphatic carbocycles. The first-order valence-corrected chi connectivity index (χ1v) is 7.37. The summed E-state index contributed by atoms with van der Waals surface area (Å²) in [5.74, 6) is 0.916. The molecule has 1 aliphatic heterocycles. The van der Waals surface area contributed by atoms with Crippen molar-refractivity contribution in [3.63, 3.8) is 0 Å². The molecule has 0 spiro atoms. The van der Waals surface area contributed by atoms with Crippen molar-refractivity contribution in [3.05, 3.63) is 22.6 Å². The minimum absolute atomic E-state index is 0.198. The molecule has 1 aromatic rings. The summed E-state index contributed by atoms with van der Waals surface area (Å²) in [5.41, 5.74) is 0. The van der Waals surface area contributed by atoms with E-state index in [2.05, 4.69) is 21.2 Å². The summed E-state index contributed by atoms with van der Waals surface area (Å²) in [4.78, 5) is 13.3. The number of halogens is 1. The summed E-state index contributed by atoms with van der Waals surface area (Å²) in [5, 5.41) is 3.45. The lowest BCUT2D eigenvalue weighted by atomic mass is 10.1. The van der Waals surface area contributed by atoms with Crippen LogP contribution < -0.4 is 5.32 Å². The van der Waals surface area contributed by atoms with Gasteiger partial charge in [-0.2, -0.15) is 0 Å². The van der Waals surface area contributed by atoms with Gasteiger partial charge >= 0.3 is 6.09 Å². The van der Waals surface area contributed by atoms with Gasteiger partial charge in [-0.05, 0) is 47.8 Å². The zero-order valence-electron chi connectivity index (χ0n) is 11.0. The van der Waals surface area contributed by atoms with E-state index in [-0.39, 0.29) is 6.09 Å². The Morgan fingerprint density at radius 3 is 2.84 bits per heavy atom. The van der Waals surface area contributed by atoms with E-state index in [4.69, 9.17) is 9.15 Å². The maximum Gasteiger partial charge on any atom is 0.409 e. The second kappa shape index (κ2) is 6.96. The Morgan fingerprint density at radius 2 is 2.26 bits per heavy atom. The van der Waals surface area contributed by atoms with Gasteiger partial charge in [-0.25, -0.2) is 4.79 Å². The minimum Gasteiger partial charge on any atom is -0.453 e. The quantitative estimate of drug-likeness (QED) is 0.922. The molecule has 1 N–H and O–H groups in total. The number of carbonyl (C=O) groups excluding carboxylic acids is 1. The number of furan rings is 1. The second-order valence-electron chi connectivity index (χ2n) is 4.55. The summed E-state index contributed by atoms with van der Waals surface area (Å²) in [6.45, 7) is 4.48. The monoisotopic (exact) mass is 330 g/mol. The number of likely N-dealkylation sites (tertiary alicyclic amines) is 1. The van der Waals surface area contributed by atoms with E-state index in [1.807, 2.05) is 19.1 Å². The van der Waals surface area contributed by atoms with E-state index in [9.17, 15) is 4.79 Å². The zero-order valence-corrected chi connectivity index (χ0v) is 12.6. The topological polar surface area (TPSA) is 54.7 Å². The highest BCUT2D eigenvalue weighted by Crippen LogP contribution is 2.15. The number of piperidine rings is 1. The van der Waals surface area contributed by atoms with Crippen LogP contribution in [0.4, 0.5) is 4.79 Å². The summed E-state index contributed by atoms with van der Waals surface area (Å²) in [6, 6.07) is 4.26. The molecule has 1 aliphatic rings. The summed E-state index contributed by atoms with van der Waals surface area (Å²) < 4.78 is 11.2. The molecule has 1 fully saturated rings. The Balaban J connectivity index is 1.70. The van der Waals surface area contributed by atoms with E-state index >= 15 is 0 Å². The van der Waals surface area contributed by atoms with Crippen LogP contribution >= 0.6 is 15.9 Å². The predicted molar refractivity (Wildman–Crippen MR) is 74.9 cm³/mol. The molecule has 2 rings (SSSR count). The van der Waals surface area contributed by atoms with Crippen LogP contribution in [0.1, 0.15) is 25.5 Å². The largest absolute Gasteiger partial charge is 0.453 e. The SMILES string of the molecule is CCOC(=O)N1CCC(NCc2ccc(Br)o2)CC1. The van der Waals surface area contributed by atoms with E-state index in [0.717, 1.165) is 42.9 Å². The first-order valence-electron chi connectivity index (χ1n) is 6.58. The van der Waals surface area contributed by atoms with Gasteiger partial charge < -0.3 is 19.4 Å². The molecule has 6 heteroatoms. The fraction of sp³-hybridized carbons (Fsp3) is 0.615. The van der Waals surface area contributed by atoms with Crippen molar-refractivity contribution < 1.29 is 13.9 Å². The lowest BCUT2D eigenvalue weighted by Gasteiger charge is -2.31. The van der Waals surface area contributed by atoms with Gasteiger partial charge in [0, 0.05) is 19.1 Å². The molecular formula is C13H19BrN2O3. The summed E-state index contributed by atoms with van der Waals surface area (Å²) in [6.07, 6.45) is 1.69. The first-order chi connectivity index (χ1) is 9.19. The molecule has 1 saturated heterocycles. The number of carbonyl (C=O) groups is 1. The van der Waals surface area contributed by atoms with E-state index in [1.54, 1.807) is 4.90 Å². The van der Waals surface area contributed by atoms with Crippen molar-refractivity contribution in [2.45, 2.75) is 32.4 Å². The Kier molecular flexibility index (Phi) is 5.27. The number of nitrogens with zero attached hydrogens (tertiary/aromatic N) is 1. The molecule has 1 aromatic heterocycles. The summed E-state index contributed by atoms with van der Waals surface area (Å²) >= 11 is 3.28. The zero-order chi connectivity index (χ0) is 13.7. The van der Waals surface area contributed by atoms with Gasteiger partial charge in [0.1, 0.15) is 5.76 Å². The third kappa shape index (κ3) is 4.24. The standard InChI is InChI=1S/C13H19BrN2O3/c1-2-18-13(17)16-7-5-10(6-8-16)15-9-11-3-4-12(14)19-11/h3-4,10,15H,2,5-9H2,1H3. The van der Waals surface area contributed by atoms with Gasteiger partial charge in [0.2, 0.25) is 0 Å². The van der Waals surface area contributed by atoms with Crippen molar-refractivity contribution >= 4 is 22.0 Å². The van der Waals surface area contributed by atoms with Crippen molar-refractivity contribution in [2.24, 2.45) is 0 Å². The predicted octanol–water partition coefficient (Wildman–Crippen LogP) is 2.75. The van der Waals surface area contributed by atoms with Crippen molar-refractivity contribution in [2.75, 3.05) is 19.7 Å². The fourth-order valence-electron chi connectivity index (χ4n) is 2.17. The van der Waals surface area contributed by atoms with E-state index in [1.165, 1.54) is 0 Å². The summed E-state index contributed by atoms with van der Waals surface area (Å²) in [7, 11) is 0. The number of hydrogen-bond acceptors (Lipinski definition) is 4. The van der Waals surface area contributed by atoms with Gasteiger partial charge in [0.15, 0.2) is 4.67 Å². The highest BCUT2D eigenvalue weighted by molar-refractivity contribution is 9.10. The Hall–Kier alpha value is -1.01. The van der Waals surface area contributed by atoms with Gasteiger partial charge in [0.25, 0.3) is 0 Å². The molecule has 0 unspecified atom stereocenters. The highest BCUT2D eigenvalue weighted by atomic mass is 79.9. The smallest absolute Gasteiger partial charge is 0.409 e. The Morgan fingerprint density at radius 1 is 1.53 bits per heavy atom. The lowest BCUT2D eigenvalue weighted by Crippen LogP contribution is -2.44. The van der Waals surface area contributed by atoms with Gasteiger partial charge in [-0.15, -0.1) is 0 Å². The normalized spacial score (nSPS) is 16.6. The number of hydrogen-bond donors (Lipinski definition) is 1. The molecule has 19 heavy (non-hydrogen) atoms. The van der Waals surface area contributed by atoms with Crippen molar-refractivity contribution in [1.29, 1.82) is 0 Å². The van der Waals surface area contributed by atoms with Gasteiger partial charge in [-0.3, -0.25) is 0 Å². The molecule has 0 saturated carbocycles. The Labute approximate surface area is 121 Å². The average molecular weight is 331 g/mol. The van der Waals surface area contributed by atoms with E-state index in [0.29, 0.717) is 12.6 Å². The molecule has 0 atom stereocenters. The van der Waals surface area contributed by atoms with Crippen LogP contribution in [0.3, 0.4) is 0 Å². The molecule has 2 heterocycles. The molecule has 0 bridgehead atoms. The fourth-order valence-corrected chi connectivity index (χ4v) is 2.51. The lowest BCUT2D eigenvalue weighted by molar-refractivity contribution is 0.0948. The molecule has 5 nitrogen and oxygen atoms in total.